The van der Waals surface area contributed by atoms with Crippen molar-refractivity contribution in [2.75, 3.05) is 38.7 Å². The van der Waals surface area contributed by atoms with E-state index in [9.17, 15) is 18.4 Å². The molecule has 3 amide bonds. The number of ether oxygens (including phenoxy) is 1. The second-order valence-electron chi connectivity index (χ2n) is 9.38. The molecule has 0 bridgehead atoms. The van der Waals surface area contributed by atoms with E-state index in [2.05, 4.69) is 10.3 Å². The summed E-state index contributed by atoms with van der Waals surface area (Å²) in [5.74, 6) is -1.92. The Morgan fingerprint density at radius 2 is 1.74 bits per heavy atom. The number of hydrogen-bond acceptors (Lipinski definition) is 3. The number of fused-ring (bicyclic) bond motifs is 1. The molecule has 0 aliphatic heterocycles. The van der Waals surface area contributed by atoms with Crippen LogP contribution in [0.1, 0.15) is 16.7 Å². The van der Waals surface area contributed by atoms with Gasteiger partial charge in [0.05, 0.1) is 12.3 Å². The number of anilines is 1. The summed E-state index contributed by atoms with van der Waals surface area (Å²) in [6.07, 6.45) is 2.57. The topological polar surface area (TPSA) is 77.7 Å². The van der Waals surface area contributed by atoms with Crippen molar-refractivity contribution in [3.05, 3.63) is 101 Å². The van der Waals surface area contributed by atoms with Crippen LogP contribution in [0.15, 0.2) is 72.9 Å². The van der Waals surface area contributed by atoms with Crippen molar-refractivity contribution in [2.24, 2.45) is 0 Å². The van der Waals surface area contributed by atoms with Crippen molar-refractivity contribution in [3.63, 3.8) is 0 Å². The van der Waals surface area contributed by atoms with Crippen molar-refractivity contribution in [3.8, 4) is 0 Å². The van der Waals surface area contributed by atoms with E-state index >= 15 is 0 Å². The molecule has 1 heterocycles. The Labute approximate surface area is 226 Å². The Morgan fingerprint density at radius 1 is 0.974 bits per heavy atom. The first-order chi connectivity index (χ1) is 18.8. The second-order valence-corrected chi connectivity index (χ2v) is 9.38. The predicted molar refractivity (Wildman–Crippen MR) is 147 cm³/mol. The van der Waals surface area contributed by atoms with Gasteiger partial charge in [0.1, 0.15) is 18.2 Å². The molecule has 0 unspecified atom stereocenters. The maximum Gasteiger partial charge on any atom is 0.322 e. The molecule has 39 heavy (non-hydrogen) atoms. The number of halogens is 2. The lowest BCUT2D eigenvalue weighted by atomic mass is 10.1. The molecule has 4 aromatic rings. The molecule has 3 aromatic carbocycles. The highest BCUT2D eigenvalue weighted by molar-refractivity contribution is 5.92. The van der Waals surface area contributed by atoms with E-state index in [0.29, 0.717) is 25.6 Å². The number of rotatable bonds is 11. The number of H-pyrrole nitrogens is 1. The fraction of sp³-hybridized carbons (Fsp3) is 0.267. The molecule has 9 heteroatoms. The van der Waals surface area contributed by atoms with Crippen LogP contribution in [-0.2, 0) is 22.5 Å². The minimum absolute atomic E-state index is 0.109. The molecule has 1 aromatic heterocycles. The van der Waals surface area contributed by atoms with E-state index in [1.54, 1.807) is 4.90 Å². The molecule has 0 radical (unpaired) electrons. The Hall–Kier alpha value is -4.24. The van der Waals surface area contributed by atoms with Crippen molar-refractivity contribution in [1.29, 1.82) is 0 Å². The SMILES string of the molecule is COCCN(CC(=O)N(CCc1c[nH]c2ccccc12)Cc1ccc(C)cc1)C(=O)Nc1ccc(F)cc1F. The first-order valence-electron chi connectivity index (χ1n) is 12.7. The van der Waals surface area contributed by atoms with Gasteiger partial charge in [-0.05, 0) is 42.7 Å². The Bertz CT molecular complexity index is 1420. The van der Waals surface area contributed by atoms with Crippen LogP contribution in [-0.4, -0.2) is 60.1 Å². The summed E-state index contributed by atoms with van der Waals surface area (Å²) in [6.45, 7) is 2.85. The fourth-order valence-electron chi connectivity index (χ4n) is 4.30. The molecule has 4 rings (SSSR count). The van der Waals surface area contributed by atoms with Gasteiger partial charge in [-0.3, -0.25) is 4.79 Å². The van der Waals surface area contributed by atoms with Crippen LogP contribution in [0.5, 0.6) is 0 Å². The number of benzene rings is 3. The van der Waals surface area contributed by atoms with Crippen molar-refractivity contribution >= 4 is 28.5 Å². The average Bonchev–Trinajstić information content (AvgIpc) is 3.34. The smallest absolute Gasteiger partial charge is 0.322 e. The summed E-state index contributed by atoms with van der Waals surface area (Å²) in [5, 5.41) is 3.54. The third kappa shape index (κ3) is 7.42. The van der Waals surface area contributed by atoms with Gasteiger partial charge in [0, 0.05) is 49.9 Å². The lowest BCUT2D eigenvalue weighted by Gasteiger charge is -2.28. The molecule has 204 valence electrons. The van der Waals surface area contributed by atoms with Gasteiger partial charge in [0.2, 0.25) is 5.91 Å². The minimum atomic E-state index is -0.902. The number of aromatic amines is 1. The van der Waals surface area contributed by atoms with Gasteiger partial charge in [0.15, 0.2) is 0 Å². The quantitative estimate of drug-likeness (QED) is 0.267. The maximum atomic E-state index is 14.2. The van der Waals surface area contributed by atoms with Crippen LogP contribution in [0.4, 0.5) is 19.3 Å². The molecule has 2 N–H and O–H groups in total. The van der Waals surface area contributed by atoms with E-state index in [-0.39, 0.29) is 31.3 Å². The zero-order chi connectivity index (χ0) is 27.8. The average molecular weight is 535 g/mol. The zero-order valence-corrected chi connectivity index (χ0v) is 22.0. The summed E-state index contributed by atoms with van der Waals surface area (Å²) in [7, 11) is 1.49. The maximum absolute atomic E-state index is 14.2. The van der Waals surface area contributed by atoms with Crippen molar-refractivity contribution in [1.82, 2.24) is 14.8 Å². The standard InChI is InChI=1S/C30H32F2N4O3/c1-21-7-9-22(10-8-21)19-35(14-13-23-18-33-27-6-4-3-5-25(23)27)29(37)20-36(15-16-39-2)30(38)34-28-12-11-24(31)17-26(28)32/h3-12,17-18,33H,13-16,19-20H2,1-2H3,(H,34,38). The van der Waals surface area contributed by atoms with E-state index < -0.39 is 17.7 Å². The predicted octanol–water partition coefficient (Wildman–Crippen LogP) is 5.51. The normalized spacial score (nSPS) is 11.0. The molecule has 0 aliphatic rings. The van der Waals surface area contributed by atoms with E-state index in [0.717, 1.165) is 39.7 Å². The summed E-state index contributed by atoms with van der Waals surface area (Å²) >= 11 is 0. The lowest BCUT2D eigenvalue weighted by molar-refractivity contribution is -0.132. The first-order valence-corrected chi connectivity index (χ1v) is 12.7. The van der Waals surface area contributed by atoms with Gasteiger partial charge in [0.25, 0.3) is 0 Å². The van der Waals surface area contributed by atoms with Crippen molar-refractivity contribution < 1.29 is 23.1 Å². The van der Waals surface area contributed by atoms with Gasteiger partial charge in [-0.15, -0.1) is 0 Å². The number of carbonyl (C=O) groups is 2. The van der Waals surface area contributed by atoms with Crippen LogP contribution in [0.3, 0.4) is 0 Å². The number of para-hydroxylation sites is 1. The minimum Gasteiger partial charge on any atom is -0.383 e. The van der Waals surface area contributed by atoms with E-state index in [1.807, 2.05) is 61.7 Å². The number of methoxy groups -OCH3 is 1. The summed E-state index contributed by atoms with van der Waals surface area (Å²) in [4.78, 5) is 32.9. The van der Waals surface area contributed by atoms with Crippen molar-refractivity contribution in [2.45, 2.75) is 19.9 Å². The molecule has 0 fully saturated rings. The van der Waals surface area contributed by atoms with Crippen LogP contribution in [0.25, 0.3) is 10.9 Å². The van der Waals surface area contributed by atoms with E-state index in [1.165, 1.54) is 12.0 Å². The molecule has 0 saturated carbocycles. The number of nitrogens with zero attached hydrogens (tertiary/aromatic N) is 2. The highest BCUT2D eigenvalue weighted by Crippen LogP contribution is 2.20. The number of aromatic nitrogens is 1. The number of amides is 3. The summed E-state index contributed by atoms with van der Waals surface area (Å²) < 4.78 is 32.6. The van der Waals surface area contributed by atoms with Gasteiger partial charge in [-0.2, -0.15) is 0 Å². The number of nitrogens with one attached hydrogen (secondary N) is 2. The highest BCUT2D eigenvalue weighted by atomic mass is 19.1. The summed E-state index contributed by atoms with van der Waals surface area (Å²) in [6, 6.07) is 18.1. The Balaban J connectivity index is 1.51. The third-order valence-corrected chi connectivity index (χ3v) is 6.52. The van der Waals surface area contributed by atoms with Crippen LogP contribution in [0, 0.1) is 18.6 Å². The summed E-state index contributed by atoms with van der Waals surface area (Å²) in [5.41, 5.74) is 4.03. The lowest BCUT2D eigenvalue weighted by Crippen LogP contribution is -2.46. The molecular weight excluding hydrogens is 502 g/mol. The van der Waals surface area contributed by atoms with Crippen LogP contribution >= 0.6 is 0 Å². The zero-order valence-electron chi connectivity index (χ0n) is 22.0. The second kappa shape index (κ2) is 13.0. The number of aryl methyl sites for hydroxylation is 1. The monoisotopic (exact) mass is 534 g/mol. The molecular formula is C30H32F2N4O3. The highest BCUT2D eigenvalue weighted by Gasteiger charge is 2.23. The number of carbonyl (C=O) groups excluding carboxylic acids is 2. The van der Waals surface area contributed by atoms with Crippen LogP contribution in [0.2, 0.25) is 0 Å². The Kier molecular flexibility index (Phi) is 9.27. The Morgan fingerprint density at radius 3 is 2.49 bits per heavy atom. The molecule has 0 spiro atoms. The third-order valence-electron chi connectivity index (χ3n) is 6.52. The van der Waals surface area contributed by atoms with Gasteiger partial charge in [-0.25, -0.2) is 13.6 Å². The molecule has 0 atom stereocenters. The largest absolute Gasteiger partial charge is 0.383 e. The van der Waals surface area contributed by atoms with Gasteiger partial charge >= 0.3 is 6.03 Å². The number of hydrogen-bond donors (Lipinski definition) is 2. The van der Waals surface area contributed by atoms with E-state index in [4.69, 9.17) is 4.74 Å². The van der Waals surface area contributed by atoms with Crippen LogP contribution < -0.4 is 5.32 Å². The molecule has 0 saturated heterocycles. The van der Waals surface area contributed by atoms with Gasteiger partial charge in [-0.1, -0.05) is 48.0 Å². The number of urea groups is 1. The van der Waals surface area contributed by atoms with Gasteiger partial charge < -0.3 is 24.8 Å². The molecule has 7 nitrogen and oxygen atoms in total. The first kappa shape index (κ1) is 27.8. The molecule has 0 aliphatic carbocycles. The fourth-order valence-corrected chi connectivity index (χ4v) is 4.30.